The number of aryl methyl sites for hydroxylation is 3. The second kappa shape index (κ2) is 8.09. The summed E-state index contributed by atoms with van der Waals surface area (Å²) in [5.41, 5.74) is 13.3. The van der Waals surface area contributed by atoms with E-state index < -0.39 is 0 Å². The van der Waals surface area contributed by atoms with E-state index in [2.05, 4.69) is 73.1 Å². The molecule has 4 heteroatoms. The number of hydrogen-bond acceptors (Lipinski definition) is 4. The molecule has 4 nitrogen and oxygen atoms in total. The van der Waals surface area contributed by atoms with Crippen LogP contribution >= 0.6 is 0 Å². The molecular formula is C21H30N4. The van der Waals surface area contributed by atoms with Crippen LogP contribution < -0.4 is 16.2 Å². The molecular weight excluding hydrogens is 308 g/mol. The SMILES string of the molecule is Cc1ccc(C2NNCC2CNC(C)Cc2ncccc2C)cc1C. The van der Waals surface area contributed by atoms with Crippen LogP contribution in [-0.4, -0.2) is 24.1 Å². The third kappa shape index (κ3) is 4.46. The molecule has 134 valence electrons. The van der Waals surface area contributed by atoms with Gasteiger partial charge in [0, 0.05) is 43.4 Å². The summed E-state index contributed by atoms with van der Waals surface area (Å²) < 4.78 is 0. The summed E-state index contributed by atoms with van der Waals surface area (Å²) in [6.07, 6.45) is 2.85. The number of nitrogens with one attached hydrogen (secondary N) is 3. The minimum atomic E-state index is 0.357. The van der Waals surface area contributed by atoms with Crippen molar-refractivity contribution in [1.82, 2.24) is 21.2 Å². The molecule has 1 aromatic heterocycles. The zero-order chi connectivity index (χ0) is 17.8. The molecule has 3 N–H and O–H groups in total. The molecule has 3 rings (SSSR count). The number of rotatable bonds is 6. The highest BCUT2D eigenvalue weighted by atomic mass is 15.4. The summed E-state index contributed by atoms with van der Waals surface area (Å²) in [6.45, 7) is 10.7. The van der Waals surface area contributed by atoms with Crippen molar-refractivity contribution in [2.24, 2.45) is 5.92 Å². The van der Waals surface area contributed by atoms with Crippen molar-refractivity contribution in [1.29, 1.82) is 0 Å². The molecule has 2 aromatic rings. The highest BCUT2D eigenvalue weighted by molar-refractivity contribution is 5.32. The minimum Gasteiger partial charge on any atom is -0.313 e. The van der Waals surface area contributed by atoms with Crippen molar-refractivity contribution in [2.45, 2.75) is 46.2 Å². The molecule has 0 amide bonds. The van der Waals surface area contributed by atoms with Gasteiger partial charge in [0.2, 0.25) is 0 Å². The number of nitrogens with zero attached hydrogens (tertiary/aromatic N) is 1. The first-order valence-electron chi connectivity index (χ1n) is 9.24. The Hall–Kier alpha value is -1.75. The summed E-state index contributed by atoms with van der Waals surface area (Å²) in [7, 11) is 0. The molecule has 0 aliphatic carbocycles. The molecule has 0 bridgehead atoms. The molecule has 1 saturated heterocycles. The smallest absolute Gasteiger partial charge is 0.0515 e. The van der Waals surface area contributed by atoms with Crippen LogP contribution in [0.1, 0.15) is 40.9 Å². The molecule has 2 heterocycles. The van der Waals surface area contributed by atoms with Crippen LogP contribution in [0.5, 0.6) is 0 Å². The molecule has 0 spiro atoms. The van der Waals surface area contributed by atoms with Gasteiger partial charge in [0.15, 0.2) is 0 Å². The maximum Gasteiger partial charge on any atom is 0.0515 e. The summed E-state index contributed by atoms with van der Waals surface area (Å²) in [5, 5.41) is 3.71. The van der Waals surface area contributed by atoms with Gasteiger partial charge < -0.3 is 5.32 Å². The van der Waals surface area contributed by atoms with Crippen molar-refractivity contribution in [3.8, 4) is 0 Å². The predicted octanol–water partition coefficient (Wildman–Crippen LogP) is 2.99. The van der Waals surface area contributed by atoms with E-state index in [-0.39, 0.29) is 0 Å². The van der Waals surface area contributed by atoms with Gasteiger partial charge in [-0.05, 0) is 56.0 Å². The maximum atomic E-state index is 4.51. The fourth-order valence-corrected chi connectivity index (χ4v) is 3.49. The molecule has 3 atom stereocenters. The van der Waals surface area contributed by atoms with Gasteiger partial charge in [0.25, 0.3) is 0 Å². The number of hydrogen-bond donors (Lipinski definition) is 3. The summed E-state index contributed by atoms with van der Waals surface area (Å²) in [5.74, 6) is 0.536. The second-order valence-corrected chi connectivity index (χ2v) is 7.39. The Balaban J connectivity index is 1.58. The summed E-state index contributed by atoms with van der Waals surface area (Å²) >= 11 is 0. The first kappa shape index (κ1) is 18.1. The van der Waals surface area contributed by atoms with Crippen molar-refractivity contribution in [2.75, 3.05) is 13.1 Å². The van der Waals surface area contributed by atoms with Crippen LogP contribution in [0.4, 0.5) is 0 Å². The van der Waals surface area contributed by atoms with Crippen LogP contribution in [0.3, 0.4) is 0 Å². The van der Waals surface area contributed by atoms with E-state index >= 15 is 0 Å². The summed E-state index contributed by atoms with van der Waals surface area (Å²) in [6, 6.07) is 11.7. The third-order valence-electron chi connectivity index (χ3n) is 5.33. The normalized spacial score (nSPS) is 21.4. The van der Waals surface area contributed by atoms with E-state index in [1.54, 1.807) is 0 Å². The van der Waals surface area contributed by atoms with E-state index in [0.29, 0.717) is 18.0 Å². The van der Waals surface area contributed by atoms with Crippen molar-refractivity contribution in [3.63, 3.8) is 0 Å². The van der Waals surface area contributed by atoms with Gasteiger partial charge in [-0.3, -0.25) is 10.4 Å². The van der Waals surface area contributed by atoms with Gasteiger partial charge in [0.1, 0.15) is 0 Å². The lowest BCUT2D eigenvalue weighted by atomic mass is 9.92. The Morgan fingerprint density at radius 2 is 2.00 bits per heavy atom. The highest BCUT2D eigenvalue weighted by Crippen LogP contribution is 2.26. The lowest BCUT2D eigenvalue weighted by Gasteiger charge is -2.22. The van der Waals surface area contributed by atoms with Crippen LogP contribution in [0.2, 0.25) is 0 Å². The zero-order valence-electron chi connectivity index (χ0n) is 15.8. The minimum absolute atomic E-state index is 0.357. The van der Waals surface area contributed by atoms with Gasteiger partial charge >= 0.3 is 0 Å². The first-order valence-corrected chi connectivity index (χ1v) is 9.24. The van der Waals surface area contributed by atoms with E-state index in [0.717, 1.165) is 19.5 Å². The van der Waals surface area contributed by atoms with Gasteiger partial charge in [-0.25, -0.2) is 5.43 Å². The van der Waals surface area contributed by atoms with Crippen LogP contribution in [0.25, 0.3) is 0 Å². The average Bonchev–Trinajstić information content (AvgIpc) is 3.06. The van der Waals surface area contributed by atoms with Gasteiger partial charge in [0.05, 0.1) is 6.04 Å². The van der Waals surface area contributed by atoms with Crippen LogP contribution in [-0.2, 0) is 6.42 Å². The largest absolute Gasteiger partial charge is 0.313 e. The molecule has 1 fully saturated rings. The number of pyridine rings is 1. The number of aromatic nitrogens is 1. The van der Waals surface area contributed by atoms with E-state index in [1.165, 1.54) is 27.9 Å². The van der Waals surface area contributed by atoms with E-state index in [4.69, 9.17) is 0 Å². The Morgan fingerprint density at radius 3 is 2.76 bits per heavy atom. The molecule has 0 saturated carbocycles. The Bertz CT molecular complexity index is 713. The molecule has 25 heavy (non-hydrogen) atoms. The quantitative estimate of drug-likeness (QED) is 0.758. The monoisotopic (exact) mass is 338 g/mol. The van der Waals surface area contributed by atoms with Gasteiger partial charge in [-0.15, -0.1) is 0 Å². The summed E-state index contributed by atoms with van der Waals surface area (Å²) in [4.78, 5) is 4.51. The fourth-order valence-electron chi connectivity index (χ4n) is 3.49. The Morgan fingerprint density at radius 1 is 1.16 bits per heavy atom. The highest BCUT2D eigenvalue weighted by Gasteiger charge is 2.28. The third-order valence-corrected chi connectivity index (χ3v) is 5.33. The van der Waals surface area contributed by atoms with Gasteiger partial charge in [-0.1, -0.05) is 24.3 Å². The Kier molecular flexibility index (Phi) is 5.84. The fraction of sp³-hybridized carbons (Fsp3) is 0.476. The molecule has 3 unspecified atom stereocenters. The van der Waals surface area contributed by atoms with Crippen molar-refractivity contribution >= 4 is 0 Å². The lowest BCUT2D eigenvalue weighted by molar-refractivity contribution is 0.412. The molecule has 0 radical (unpaired) electrons. The molecule has 1 aromatic carbocycles. The standard InChI is InChI=1S/C21H30N4/c1-14-7-8-18(10-16(14)3)21-19(13-24-25-21)12-23-17(4)11-20-15(2)6-5-9-22-20/h5-10,17,19,21,23-25H,11-13H2,1-4H3. The van der Waals surface area contributed by atoms with Crippen molar-refractivity contribution < 1.29 is 0 Å². The predicted molar refractivity (Wildman–Crippen MR) is 103 cm³/mol. The maximum absolute atomic E-state index is 4.51. The van der Waals surface area contributed by atoms with E-state index in [9.17, 15) is 0 Å². The topological polar surface area (TPSA) is 49.0 Å². The second-order valence-electron chi connectivity index (χ2n) is 7.39. The van der Waals surface area contributed by atoms with Crippen LogP contribution in [0, 0.1) is 26.7 Å². The van der Waals surface area contributed by atoms with Crippen molar-refractivity contribution in [3.05, 3.63) is 64.5 Å². The first-order chi connectivity index (χ1) is 12.0. The van der Waals surface area contributed by atoms with E-state index in [1.807, 2.05) is 12.3 Å². The molecule has 1 aliphatic rings. The number of benzene rings is 1. The Labute approximate surface area is 151 Å². The average molecular weight is 338 g/mol. The number of hydrazine groups is 1. The zero-order valence-corrected chi connectivity index (χ0v) is 15.8. The van der Waals surface area contributed by atoms with Gasteiger partial charge in [-0.2, -0.15) is 0 Å². The molecule has 1 aliphatic heterocycles. The lowest BCUT2D eigenvalue weighted by Crippen LogP contribution is -2.35. The van der Waals surface area contributed by atoms with Crippen LogP contribution in [0.15, 0.2) is 36.5 Å².